The van der Waals surface area contributed by atoms with Gasteiger partial charge in [-0.25, -0.2) is 8.42 Å². The van der Waals surface area contributed by atoms with Gasteiger partial charge >= 0.3 is 0 Å². The molecule has 1 fully saturated rings. The molecule has 0 atom stereocenters. The van der Waals surface area contributed by atoms with E-state index in [2.05, 4.69) is 5.32 Å². The average Bonchev–Trinajstić information content (AvgIpc) is 3.15. The summed E-state index contributed by atoms with van der Waals surface area (Å²) in [7, 11) is -3.83. The molecule has 27 heavy (non-hydrogen) atoms. The molecule has 0 heterocycles. The van der Waals surface area contributed by atoms with Gasteiger partial charge < -0.3 is 5.32 Å². The first-order chi connectivity index (χ1) is 12.9. The van der Waals surface area contributed by atoms with Crippen molar-refractivity contribution in [3.05, 3.63) is 65.2 Å². The molecule has 144 valence electrons. The molecular weight excluding hydrogens is 384 g/mol. The van der Waals surface area contributed by atoms with Gasteiger partial charge in [0.05, 0.1) is 11.4 Å². The van der Waals surface area contributed by atoms with E-state index in [0.29, 0.717) is 5.02 Å². The van der Waals surface area contributed by atoms with Gasteiger partial charge in [-0.1, -0.05) is 54.8 Å². The van der Waals surface area contributed by atoms with Crippen LogP contribution in [0.3, 0.4) is 0 Å². The third-order valence-electron chi connectivity index (χ3n) is 4.69. The number of halogens is 1. The Morgan fingerprint density at radius 1 is 1.04 bits per heavy atom. The van der Waals surface area contributed by atoms with Crippen LogP contribution in [-0.2, 0) is 21.4 Å². The lowest BCUT2D eigenvalue weighted by molar-refractivity contribution is -0.122. The Labute approximate surface area is 165 Å². The molecule has 1 saturated carbocycles. The highest BCUT2D eigenvalue weighted by molar-refractivity contribution is 7.89. The fraction of sp³-hybridized carbons (Fsp3) is 0.350. The van der Waals surface area contributed by atoms with Gasteiger partial charge in [-0.3, -0.25) is 4.79 Å². The van der Waals surface area contributed by atoms with Crippen molar-refractivity contribution in [2.75, 3.05) is 6.54 Å². The number of nitrogens with zero attached hydrogens (tertiary/aromatic N) is 1. The minimum atomic E-state index is -3.83. The predicted octanol–water partition coefficient (Wildman–Crippen LogP) is 3.59. The van der Waals surface area contributed by atoms with Crippen molar-refractivity contribution in [2.45, 2.75) is 43.2 Å². The SMILES string of the molecule is O=C(CN(Cc1ccccc1)S(=O)(=O)c1ccc(Cl)cc1)NC1CCCC1. The third-order valence-corrected chi connectivity index (χ3v) is 6.75. The zero-order valence-corrected chi connectivity index (χ0v) is 16.5. The van der Waals surface area contributed by atoms with E-state index < -0.39 is 10.0 Å². The summed E-state index contributed by atoms with van der Waals surface area (Å²) in [5.74, 6) is -0.268. The number of hydrogen-bond donors (Lipinski definition) is 1. The third kappa shape index (κ3) is 5.31. The molecule has 1 aliphatic carbocycles. The number of rotatable bonds is 7. The van der Waals surface area contributed by atoms with E-state index in [0.717, 1.165) is 31.2 Å². The number of benzene rings is 2. The summed E-state index contributed by atoms with van der Waals surface area (Å²) in [6, 6.07) is 15.4. The lowest BCUT2D eigenvalue weighted by Crippen LogP contribution is -2.43. The maximum Gasteiger partial charge on any atom is 0.243 e. The maximum atomic E-state index is 13.1. The van der Waals surface area contributed by atoms with Gasteiger partial charge in [0.25, 0.3) is 0 Å². The Morgan fingerprint density at radius 2 is 1.67 bits per heavy atom. The van der Waals surface area contributed by atoms with Gasteiger partial charge in [-0.15, -0.1) is 0 Å². The summed E-state index contributed by atoms with van der Waals surface area (Å²) >= 11 is 5.88. The molecule has 1 aliphatic rings. The van der Waals surface area contributed by atoms with Crippen molar-refractivity contribution in [2.24, 2.45) is 0 Å². The largest absolute Gasteiger partial charge is 0.352 e. The molecule has 1 amide bonds. The molecule has 0 spiro atoms. The quantitative estimate of drug-likeness (QED) is 0.764. The second kappa shape index (κ2) is 8.87. The fourth-order valence-corrected chi connectivity index (χ4v) is 4.78. The monoisotopic (exact) mass is 406 g/mol. The molecule has 3 rings (SSSR count). The summed E-state index contributed by atoms with van der Waals surface area (Å²) in [4.78, 5) is 12.6. The lowest BCUT2D eigenvalue weighted by atomic mass is 10.2. The van der Waals surface area contributed by atoms with E-state index in [4.69, 9.17) is 11.6 Å². The second-order valence-corrected chi connectivity index (χ2v) is 9.14. The molecular formula is C20H23ClN2O3S. The Bertz CT molecular complexity index is 864. The number of carbonyl (C=O) groups is 1. The Hall–Kier alpha value is -1.89. The Balaban J connectivity index is 1.81. The fourth-order valence-electron chi connectivity index (χ4n) is 3.27. The van der Waals surface area contributed by atoms with Crippen molar-refractivity contribution in [1.82, 2.24) is 9.62 Å². The van der Waals surface area contributed by atoms with Gasteiger partial charge in [0.15, 0.2) is 0 Å². The zero-order chi connectivity index (χ0) is 19.3. The summed E-state index contributed by atoms with van der Waals surface area (Å²) in [6.07, 6.45) is 4.10. The van der Waals surface area contributed by atoms with Crippen LogP contribution in [0.1, 0.15) is 31.2 Å². The molecule has 2 aromatic rings. The second-order valence-electron chi connectivity index (χ2n) is 6.76. The lowest BCUT2D eigenvalue weighted by Gasteiger charge is -2.23. The smallest absolute Gasteiger partial charge is 0.243 e. The van der Waals surface area contributed by atoms with Crippen LogP contribution in [0.2, 0.25) is 5.02 Å². The van der Waals surface area contributed by atoms with Crippen LogP contribution < -0.4 is 5.32 Å². The zero-order valence-electron chi connectivity index (χ0n) is 15.0. The molecule has 0 aromatic heterocycles. The van der Waals surface area contributed by atoms with E-state index in [1.807, 2.05) is 30.3 Å². The minimum absolute atomic E-state index is 0.122. The highest BCUT2D eigenvalue weighted by Crippen LogP contribution is 2.21. The van der Waals surface area contributed by atoms with E-state index >= 15 is 0 Å². The highest BCUT2D eigenvalue weighted by Gasteiger charge is 2.28. The number of sulfonamides is 1. The first kappa shape index (κ1) is 19.9. The molecule has 1 N–H and O–H groups in total. The van der Waals surface area contributed by atoms with E-state index in [1.54, 1.807) is 0 Å². The highest BCUT2D eigenvalue weighted by atomic mass is 35.5. The number of nitrogens with one attached hydrogen (secondary N) is 1. The summed E-state index contributed by atoms with van der Waals surface area (Å²) in [6.45, 7) is -0.0831. The molecule has 0 saturated heterocycles. The van der Waals surface area contributed by atoms with Crippen LogP contribution in [0, 0.1) is 0 Å². The molecule has 0 bridgehead atoms. The molecule has 7 heteroatoms. The van der Waals surface area contributed by atoms with Crippen molar-refractivity contribution in [3.63, 3.8) is 0 Å². The Kier molecular flexibility index (Phi) is 6.52. The van der Waals surface area contributed by atoms with Crippen LogP contribution in [0.5, 0.6) is 0 Å². The summed E-state index contributed by atoms with van der Waals surface area (Å²) in [5.41, 5.74) is 0.823. The van der Waals surface area contributed by atoms with Gasteiger partial charge in [0, 0.05) is 17.6 Å². The molecule has 5 nitrogen and oxygen atoms in total. The van der Waals surface area contributed by atoms with Crippen molar-refractivity contribution in [3.8, 4) is 0 Å². The molecule has 2 aromatic carbocycles. The van der Waals surface area contributed by atoms with E-state index in [9.17, 15) is 13.2 Å². The summed E-state index contributed by atoms with van der Waals surface area (Å²) in [5, 5.41) is 3.42. The van der Waals surface area contributed by atoms with Gasteiger partial charge in [0.2, 0.25) is 15.9 Å². The minimum Gasteiger partial charge on any atom is -0.352 e. The van der Waals surface area contributed by atoms with Crippen molar-refractivity contribution < 1.29 is 13.2 Å². The number of hydrogen-bond acceptors (Lipinski definition) is 3. The van der Waals surface area contributed by atoms with Crippen molar-refractivity contribution >= 4 is 27.5 Å². The molecule has 0 radical (unpaired) electrons. The van der Waals surface area contributed by atoms with Crippen LogP contribution in [0.25, 0.3) is 0 Å². The number of amides is 1. The standard InChI is InChI=1S/C20H23ClN2O3S/c21-17-10-12-19(13-11-17)27(25,26)23(14-16-6-2-1-3-7-16)15-20(24)22-18-8-4-5-9-18/h1-3,6-7,10-13,18H,4-5,8-9,14-15H2,(H,22,24). The molecule has 0 unspecified atom stereocenters. The normalized spacial score (nSPS) is 15.2. The van der Waals surface area contributed by atoms with Crippen LogP contribution in [0.15, 0.2) is 59.5 Å². The van der Waals surface area contributed by atoms with E-state index in [1.165, 1.54) is 28.6 Å². The predicted molar refractivity (Wildman–Crippen MR) is 106 cm³/mol. The Morgan fingerprint density at radius 3 is 2.30 bits per heavy atom. The average molecular weight is 407 g/mol. The van der Waals surface area contributed by atoms with E-state index in [-0.39, 0.29) is 29.9 Å². The van der Waals surface area contributed by atoms with Crippen LogP contribution >= 0.6 is 11.6 Å². The van der Waals surface area contributed by atoms with Gasteiger partial charge in [-0.05, 0) is 42.7 Å². The first-order valence-corrected chi connectivity index (χ1v) is 10.9. The van der Waals surface area contributed by atoms with Crippen molar-refractivity contribution in [1.29, 1.82) is 0 Å². The van der Waals surface area contributed by atoms with Gasteiger partial charge in [0.1, 0.15) is 0 Å². The topological polar surface area (TPSA) is 66.5 Å². The van der Waals surface area contributed by atoms with Crippen LogP contribution in [0.4, 0.5) is 0 Å². The maximum absolute atomic E-state index is 13.1. The number of carbonyl (C=O) groups excluding carboxylic acids is 1. The van der Waals surface area contributed by atoms with Crippen LogP contribution in [-0.4, -0.2) is 31.2 Å². The molecule has 0 aliphatic heterocycles. The first-order valence-electron chi connectivity index (χ1n) is 9.04. The van der Waals surface area contributed by atoms with Gasteiger partial charge in [-0.2, -0.15) is 4.31 Å². The summed E-state index contributed by atoms with van der Waals surface area (Å²) < 4.78 is 27.5.